The highest BCUT2D eigenvalue weighted by Crippen LogP contribution is 2.06. The lowest BCUT2D eigenvalue weighted by Crippen LogP contribution is -2.40. The molecule has 1 fully saturated rings. The molecule has 0 aromatic carbocycles. The van der Waals surface area contributed by atoms with Crippen LogP contribution in [0.4, 0.5) is 4.79 Å². The largest absolute Gasteiger partial charge is 0.338 e. The first-order chi connectivity index (χ1) is 7.77. The standard InChI is InChI=1S/C12H25N3O/c1-3-15(4-2)12(16)13-8-7-11-14-9-5-6-10-14/h3-11H2,1-2H3,(H,13,16). The summed E-state index contributed by atoms with van der Waals surface area (Å²) in [5.41, 5.74) is 0. The number of urea groups is 1. The molecular formula is C12H25N3O. The molecule has 94 valence electrons. The molecule has 0 atom stereocenters. The van der Waals surface area contributed by atoms with Crippen LogP contribution in [0, 0.1) is 0 Å². The van der Waals surface area contributed by atoms with Crippen LogP contribution in [-0.4, -0.2) is 55.1 Å². The van der Waals surface area contributed by atoms with E-state index in [0.717, 1.165) is 32.6 Å². The minimum absolute atomic E-state index is 0.0754. The number of rotatable bonds is 6. The predicted octanol–water partition coefficient (Wildman–Crippen LogP) is 1.52. The SMILES string of the molecule is CCN(CC)C(=O)NCCCN1CCCC1. The third-order valence-electron chi connectivity index (χ3n) is 3.18. The van der Waals surface area contributed by atoms with E-state index in [1.54, 1.807) is 0 Å². The molecule has 0 spiro atoms. The fourth-order valence-electron chi connectivity index (χ4n) is 2.13. The molecule has 2 amide bonds. The fraction of sp³-hybridized carbons (Fsp3) is 0.917. The van der Waals surface area contributed by atoms with Crippen LogP contribution in [-0.2, 0) is 0 Å². The van der Waals surface area contributed by atoms with Crippen LogP contribution in [0.5, 0.6) is 0 Å². The first-order valence-electron chi connectivity index (χ1n) is 6.53. The van der Waals surface area contributed by atoms with Crippen molar-refractivity contribution in [3.05, 3.63) is 0 Å². The van der Waals surface area contributed by atoms with E-state index in [9.17, 15) is 4.79 Å². The number of carbonyl (C=O) groups excluding carboxylic acids is 1. The van der Waals surface area contributed by atoms with Gasteiger partial charge in [0, 0.05) is 19.6 Å². The van der Waals surface area contributed by atoms with Gasteiger partial charge in [-0.1, -0.05) is 0 Å². The van der Waals surface area contributed by atoms with Crippen LogP contribution in [0.15, 0.2) is 0 Å². The van der Waals surface area contributed by atoms with Crippen LogP contribution in [0.3, 0.4) is 0 Å². The fourth-order valence-corrected chi connectivity index (χ4v) is 2.13. The molecule has 1 rings (SSSR count). The van der Waals surface area contributed by atoms with Crippen LogP contribution < -0.4 is 5.32 Å². The second kappa shape index (κ2) is 7.49. The Kier molecular flexibility index (Phi) is 6.23. The zero-order valence-corrected chi connectivity index (χ0v) is 10.7. The van der Waals surface area contributed by atoms with E-state index in [4.69, 9.17) is 0 Å². The van der Waals surface area contributed by atoms with Gasteiger partial charge in [0.05, 0.1) is 0 Å². The van der Waals surface area contributed by atoms with Crippen LogP contribution in [0.2, 0.25) is 0 Å². The number of carbonyl (C=O) groups is 1. The molecule has 0 aromatic rings. The van der Waals surface area contributed by atoms with Crippen LogP contribution >= 0.6 is 0 Å². The number of nitrogens with zero attached hydrogens (tertiary/aromatic N) is 2. The minimum Gasteiger partial charge on any atom is -0.338 e. The molecule has 1 heterocycles. The van der Waals surface area contributed by atoms with Crippen molar-refractivity contribution in [3.63, 3.8) is 0 Å². The average Bonchev–Trinajstić information content (AvgIpc) is 2.79. The highest BCUT2D eigenvalue weighted by atomic mass is 16.2. The van der Waals surface area contributed by atoms with Gasteiger partial charge in [0.15, 0.2) is 0 Å². The predicted molar refractivity (Wildman–Crippen MR) is 66.6 cm³/mol. The molecule has 1 aliphatic heterocycles. The summed E-state index contributed by atoms with van der Waals surface area (Å²) in [5, 5.41) is 2.97. The van der Waals surface area contributed by atoms with E-state index < -0.39 is 0 Å². The number of hydrogen-bond acceptors (Lipinski definition) is 2. The molecule has 0 bridgehead atoms. The van der Waals surface area contributed by atoms with Gasteiger partial charge in [-0.05, 0) is 52.7 Å². The summed E-state index contributed by atoms with van der Waals surface area (Å²) in [7, 11) is 0. The topological polar surface area (TPSA) is 35.6 Å². The molecule has 0 aromatic heterocycles. The molecule has 4 nitrogen and oxygen atoms in total. The average molecular weight is 227 g/mol. The zero-order chi connectivity index (χ0) is 11.8. The third kappa shape index (κ3) is 4.39. The van der Waals surface area contributed by atoms with Crippen molar-refractivity contribution in [2.75, 3.05) is 39.3 Å². The Labute approximate surface area is 99.0 Å². The van der Waals surface area contributed by atoms with Crippen molar-refractivity contribution in [1.29, 1.82) is 0 Å². The van der Waals surface area contributed by atoms with E-state index >= 15 is 0 Å². The van der Waals surface area contributed by atoms with Gasteiger partial charge in [0.2, 0.25) is 0 Å². The van der Waals surface area contributed by atoms with E-state index in [-0.39, 0.29) is 6.03 Å². The normalized spacial score (nSPS) is 16.4. The van der Waals surface area contributed by atoms with Gasteiger partial charge >= 0.3 is 6.03 Å². The maximum Gasteiger partial charge on any atom is 0.317 e. The van der Waals surface area contributed by atoms with Gasteiger partial charge < -0.3 is 15.1 Å². The van der Waals surface area contributed by atoms with E-state index in [1.807, 2.05) is 18.7 Å². The van der Waals surface area contributed by atoms with Gasteiger partial charge in [-0.15, -0.1) is 0 Å². The summed E-state index contributed by atoms with van der Waals surface area (Å²) in [5.74, 6) is 0. The first kappa shape index (κ1) is 13.3. The number of nitrogens with one attached hydrogen (secondary N) is 1. The number of likely N-dealkylation sites (tertiary alicyclic amines) is 1. The Balaban J connectivity index is 2.03. The van der Waals surface area contributed by atoms with Crippen molar-refractivity contribution < 1.29 is 4.79 Å². The van der Waals surface area contributed by atoms with Crippen molar-refractivity contribution >= 4 is 6.03 Å². The maximum absolute atomic E-state index is 11.6. The van der Waals surface area contributed by atoms with E-state index in [2.05, 4.69) is 10.2 Å². The molecule has 0 unspecified atom stereocenters. The lowest BCUT2D eigenvalue weighted by molar-refractivity contribution is 0.202. The summed E-state index contributed by atoms with van der Waals surface area (Å²) in [6.45, 7) is 9.99. The first-order valence-corrected chi connectivity index (χ1v) is 6.53. The second-order valence-electron chi connectivity index (χ2n) is 4.31. The molecule has 4 heteroatoms. The van der Waals surface area contributed by atoms with Gasteiger partial charge in [-0.2, -0.15) is 0 Å². The summed E-state index contributed by atoms with van der Waals surface area (Å²) in [4.78, 5) is 15.9. The Morgan fingerprint density at radius 2 is 1.88 bits per heavy atom. The van der Waals surface area contributed by atoms with E-state index in [0.29, 0.717) is 0 Å². The summed E-state index contributed by atoms with van der Waals surface area (Å²) >= 11 is 0. The van der Waals surface area contributed by atoms with Crippen LogP contribution in [0.25, 0.3) is 0 Å². The second-order valence-corrected chi connectivity index (χ2v) is 4.31. The Morgan fingerprint density at radius 3 is 2.44 bits per heavy atom. The maximum atomic E-state index is 11.6. The van der Waals surface area contributed by atoms with E-state index in [1.165, 1.54) is 25.9 Å². The highest BCUT2D eigenvalue weighted by Gasteiger charge is 2.11. The highest BCUT2D eigenvalue weighted by molar-refractivity contribution is 5.73. The zero-order valence-electron chi connectivity index (χ0n) is 10.7. The van der Waals surface area contributed by atoms with Gasteiger partial charge in [0.1, 0.15) is 0 Å². The molecule has 16 heavy (non-hydrogen) atoms. The van der Waals surface area contributed by atoms with Crippen molar-refractivity contribution in [2.45, 2.75) is 33.1 Å². The molecule has 1 saturated heterocycles. The molecular weight excluding hydrogens is 202 g/mol. The minimum atomic E-state index is 0.0754. The smallest absolute Gasteiger partial charge is 0.317 e. The molecule has 0 aliphatic carbocycles. The Morgan fingerprint density at radius 1 is 1.25 bits per heavy atom. The van der Waals surface area contributed by atoms with Gasteiger partial charge in [-0.25, -0.2) is 4.79 Å². The quantitative estimate of drug-likeness (QED) is 0.698. The van der Waals surface area contributed by atoms with Crippen molar-refractivity contribution in [1.82, 2.24) is 15.1 Å². The van der Waals surface area contributed by atoms with Crippen molar-refractivity contribution in [2.24, 2.45) is 0 Å². The number of hydrogen-bond donors (Lipinski definition) is 1. The van der Waals surface area contributed by atoms with Gasteiger partial charge in [0.25, 0.3) is 0 Å². The molecule has 0 radical (unpaired) electrons. The molecule has 1 aliphatic rings. The Hall–Kier alpha value is -0.770. The lowest BCUT2D eigenvalue weighted by Gasteiger charge is -2.20. The lowest BCUT2D eigenvalue weighted by atomic mass is 10.4. The van der Waals surface area contributed by atoms with Crippen molar-refractivity contribution in [3.8, 4) is 0 Å². The monoisotopic (exact) mass is 227 g/mol. The molecule has 1 N–H and O–H groups in total. The van der Waals surface area contributed by atoms with Crippen LogP contribution in [0.1, 0.15) is 33.1 Å². The van der Waals surface area contributed by atoms with Gasteiger partial charge in [-0.3, -0.25) is 0 Å². The Bertz CT molecular complexity index is 198. The summed E-state index contributed by atoms with van der Waals surface area (Å²) in [6, 6.07) is 0.0754. The molecule has 0 saturated carbocycles. The summed E-state index contributed by atoms with van der Waals surface area (Å²) in [6.07, 6.45) is 3.74. The number of amides is 2. The summed E-state index contributed by atoms with van der Waals surface area (Å²) < 4.78 is 0. The third-order valence-corrected chi connectivity index (χ3v) is 3.18.